The second-order valence-electron chi connectivity index (χ2n) is 10.4. The molecule has 2 fully saturated rings. The molecule has 2 heterocycles. The summed E-state index contributed by atoms with van der Waals surface area (Å²) < 4.78 is 11.2. The summed E-state index contributed by atoms with van der Waals surface area (Å²) >= 11 is 0. The van der Waals surface area contributed by atoms with Gasteiger partial charge in [0.25, 0.3) is 0 Å². The molecule has 7 nitrogen and oxygen atoms in total. The number of piperazine rings is 1. The molecule has 0 aromatic heterocycles. The smallest absolute Gasteiger partial charge is 0.410 e. The molecular weight excluding hydrogens is 376 g/mol. The Morgan fingerprint density at radius 1 is 1.18 bits per heavy atom. The van der Waals surface area contributed by atoms with E-state index in [9.17, 15) is 14.7 Å². The van der Waals surface area contributed by atoms with Gasteiger partial charge >= 0.3 is 12.2 Å². The minimum absolute atomic E-state index is 0.0605. The third-order valence-corrected chi connectivity index (χ3v) is 7.00. The van der Waals surface area contributed by atoms with Crippen LogP contribution in [0.25, 0.3) is 0 Å². The van der Waals surface area contributed by atoms with E-state index in [-0.39, 0.29) is 30.3 Å². The van der Waals surface area contributed by atoms with E-state index in [2.05, 4.69) is 19.6 Å². The van der Waals surface area contributed by atoms with E-state index in [0.29, 0.717) is 19.6 Å². The van der Waals surface area contributed by atoms with Crippen molar-refractivity contribution in [3.8, 4) is 0 Å². The Hall–Kier alpha value is -1.28. The predicted molar refractivity (Wildman–Crippen MR) is 111 cm³/mol. The lowest BCUT2D eigenvalue weighted by atomic mass is 9.97. The number of aliphatic hydroxyl groups excluding tert-OH is 1. The molecule has 2 amide bonds. The zero-order valence-electron chi connectivity index (χ0n) is 18.5. The van der Waals surface area contributed by atoms with E-state index in [1.165, 1.54) is 0 Å². The Bertz CT molecular complexity index is 570. The molecule has 0 aromatic carbocycles. The van der Waals surface area contributed by atoms with Gasteiger partial charge < -0.3 is 19.5 Å². The van der Waals surface area contributed by atoms with E-state index >= 15 is 0 Å². The molecule has 2 bridgehead atoms. The van der Waals surface area contributed by atoms with Crippen molar-refractivity contribution in [2.24, 2.45) is 0 Å². The van der Waals surface area contributed by atoms with Crippen molar-refractivity contribution >= 4 is 20.3 Å². The summed E-state index contributed by atoms with van der Waals surface area (Å²) in [6.07, 6.45) is 0.825. The summed E-state index contributed by atoms with van der Waals surface area (Å²) in [5.41, 5.74) is -0.566. The Morgan fingerprint density at radius 3 is 2.36 bits per heavy atom. The highest BCUT2D eigenvalue weighted by atomic mass is 28.3. The van der Waals surface area contributed by atoms with E-state index in [4.69, 9.17) is 9.47 Å². The second-order valence-corrected chi connectivity index (χ2v) is 16.0. The van der Waals surface area contributed by atoms with Crippen molar-refractivity contribution in [1.29, 1.82) is 0 Å². The number of likely N-dealkylation sites (tertiary alicyclic amines) is 1. The number of hydrogen-bond acceptors (Lipinski definition) is 5. The maximum Gasteiger partial charge on any atom is 0.410 e. The van der Waals surface area contributed by atoms with E-state index in [0.717, 1.165) is 18.9 Å². The van der Waals surface area contributed by atoms with Gasteiger partial charge in [0.2, 0.25) is 0 Å². The number of hydrogen-bond donors (Lipinski definition) is 1. The molecule has 1 unspecified atom stereocenters. The first kappa shape index (κ1) is 23.0. The SMILES string of the molecule is CC(O)C[C@@H]1[C@@H]2CC[C@H](CN1C(=O)OCC[Si-](C)(C)C)N2C(=O)OC(C)(C)C. The molecule has 2 rings (SSSR count). The summed E-state index contributed by atoms with van der Waals surface area (Å²) in [4.78, 5) is 29.1. The first-order valence-corrected chi connectivity index (χ1v) is 14.1. The molecule has 0 aliphatic carbocycles. The van der Waals surface area contributed by atoms with Gasteiger partial charge in [-0.05, 0) is 47.0 Å². The van der Waals surface area contributed by atoms with Crippen molar-refractivity contribution in [2.75, 3.05) is 13.2 Å². The monoisotopic (exact) mass is 414 g/mol. The van der Waals surface area contributed by atoms with Crippen LogP contribution in [0, 0.1) is 0 Å². The van der Waals surface area contributed by atoms with Crippen LogP contribution in [0.1, 0.15) is 47.0 Å². The van der Waals surface area contributed by atoms with Crippen LogP contribution in [0.5, 0.6) is 0 Å². The Balaban J connectivity index is 2.12. The van der Waals surface area contributed by atoms with Crippen LogP contribution in [0.15, 0.2) is 0 Å². The van der Waals surface area contributed by atoms with Gasteiger partial charge in [0.15, 0.2) is 0 Å². The summed E-state index contributed by atoms with van der Waals surface area (Å²) in [7, 11) is -1.29. The fraction of sp³-hybridized carbons (Fsp3) is 0.900. The van der Waals surface area contributed by atoms with Crippen molar-refractivity contribution in [1.82, 2.24) is 9.80 Å². The van der Waals surface area contributed by atoms with Gasteiger partial charge in [-0.15, -0.1) is 14.1 Å². The topological polar surface area (TPSA) is 79.3 Å². The molecule has 0 aromatic rings. The zero-order valence-corrected chi connectivity index (χ0v) is 19.5. The molecule has 8 heteroatoms. The average Bonchev–Trinajstić information content (AvgIpc) is 2.83. The van der Waals surface area contributed by atoms with E-state index in [1.807, 2.05) is 20.8 Å². The van der Waals surface area contributed by atoms with Crippen LogP contribution < -0.4 is 0 Å². The fourth-order valence-electron chi connectivity index (χ4n) is 4.01. The number of aliphatic hydroxyl groups is 1. The molecule has 0 saturated carbocycles. The van der Waals surface area contributed by atoms with Gasteiger partial charge in [-0.3, -0.25) is 4.90 Å². The van der Waals surface area contributed by atoms with Gasteiger partial charge in [-0.1, -0.05) is 0 Å². The third kappa shape index (κ3) is 6.11. The molecule has 0 spiro atoms. The maximum absolute atomic E-state index is 12.8. The van der Waals surface area contributed by atoms with Crippen molar-refractivity contribution in [3.63, 3.8) is 0 Å². The van der Waals surface area contributed by atoms with Crippen LogP contribution in [-0.2, 0) is 9.47 Å². The minimum Gasteiger partial charge on any atom is -0.452 e. The molecule has 4 atom stereocenters. The average molecular weight is 415 g/mol. The maximum atomic E-state index is 12.8. The molecule has 2 aliphatic heterocycles. The van der Waals surface area contributed by atoms with Crippen molar-refractivity contribution in [2.45, 2.75) is 102 Å². The minimum atomic E-state index is -1.29. The first-order valence-electron chi connectivity index (χ1n) is 10.4. The molecule has 0 radical (unpaired) electrons. The van der Waals surface area contributed by atoms with Gasteiger partial charge in [0, 0.05) is 6.54 Å². The lowest BCUT2D eigenvalue weighted by Crippen LogP contribution is -2.63. The molecule has 1 N–H and O–H groups in total. The summed E-state index contributed by atoms with van der Waals surface area (Å²) in [5.74, 6) is 0. The molecule has 163 valence electrons. The van der Waals surface area contributed by atoms with E-state index < -0.39 is 19.8 Å². The number of carbonyl (C=O) groups is 2. The standard InChI is InChI=1S/C20H38N2O5Si/c1-14(23)12-17-16-9-8-15(22(16)19(25)27-20(2,3)4)13-21(17)18(24)26-10-11-28(5,6)7/h14-17,23H,8-13H2,1-7H3/q-1/t14?,15-,16+,17-/m1/s1. The normalized spacial score (nSPS) is 26.2. The third-order valence-electron chi connectivity index (χ3n) is 5.30. The Labute approximate surface area is 170 Å². The highest BCUT2D eigenvalue weighted by Crippen LogP contribution is 2.37. The predicted octanol–water partition coefficient (Wildman–Crippen LogP) is 3.68. The van der Waals surface area contributed by atoms with E-state index in [1.54, 1.807) is 16.7 Å². The second kappa shape index (κ2) is 8.61. The van der Waals surface area contributed by atoms with Crippen LogP contribution >= 0.6 is 0 Å². The number of ether oxygens (including phenoxy) is 2. The summed E-state index contributed by atoms with van der Waals surface area (Å²) in [6, 6.07) is 0.456. The molecule has 2 saturated heterocycles. The van der Waals surface area contributed by atoms with Gasteiger partial charge in [0.1, 0.15) is 5.60 Å². The Morgan fingerprint density at radius 2 is 1.82 bits per heavy atom. The Kier molecular flexibility index (Phi) is 7.07. The lowest BCUT2D eigenvalue weighted by molar-refractivity contribution is -0.0296. The van der Waals surface area contributed by atoms with Crippen LogP contribution in [-0.4, -0.2) is 78.1 Å². The number of nitrogens with zero attached hydrogens (tertiary/aromatic N) is 2. The largest absolute Gasteiger partial charge is 0.452 e. The van der Waals surface area contributed by atoms with Gasteiger partial charge in [0.05, 0.1) is 30.8 Å². The zero-order chi connectivity index (χ0) is 21.3. The van der Waals surface area contributed by atoms with Crippen molar-refractivity contribution < 1.29 is 24.2 Å². The highest BCUT2D eigenvalue weighted by Gasteiger charge is 2.51. The molecule has 2 aliphatic rings. The molecular formula is C20H38N2O5Si-. The lowest BCUT2D eigenvalue weighted by Gasteiger charge is -2.46. The summed E-state index contributed by atoms with van der Waals surface area (Å²) in [5, 5.41) is 10.0. The van der Waals surface area contributed by atoms with Crippen LogP contribution in [0.2, 0.25) is 25.7 Å². The quantitative estimate of drug-likeness (QED) is 0.694. The first-order chi connectivity index (χ1) is 12.8. The molecule has 28 heavy (non-hydrogen) atoms. The number of fused-ring (bicyclic) bond motifs is 2. The van der Waals surface area contributed by atoms with Gasteiger partial charge in [-0.25, -0.2) is 9.59 Å². The highest BCUT2D eigenvalue weighted by molar-refractivity contribution is 6.76. The summed E-state index contributed by atoms with van der Waals surface area (Å²) in [6.45, 7) is 14.9. The number of amides is 2. The van der Waals surface area contributed by atoms with Crippen LogP contribution in [0.3, 0.4) is 0 Å². The number of carbonyl (C=O) groups excluding carboxylic acids is 2. The van der Waals surface area contributed by atoms with Crippen LogP contribution in [0.4, 0.5) is 9.59 Å². The van der Waals surface area contributed by atoms with Crippen molar-refractivity contribution in [3.05, 3.63) is 0 Å². The fourth-order valence-corrected chi connectivity index (χ4v) is 4.72. The number of rotatable bonds is 5. The van der Waals surface area contributed by atoms with Gasteiger partial charge in [-0.2, -0.15) is 19.6 Å².